The van der Waals surface area contributed by atoms with E-state index in [1.807, 2.05) is 7.05 Å². The summed E-state index contributed by atoms with van der Waals surface area (Å²) in [6, 6.07) is -0.140. The van der Waals surface area contributed by atoms with Crippen LogP contribution in [0.15, 0.2) is 0 Å². The fourth-order valence-corrected chi connectivity index (χ4v) is 1.28. The van der Waals surface area contributed by atoms with Crippen LogP contribution in [0.4, 0.5) is 0 Å². The number of piperazine rings is 1. The van der Waals surface area contributed by atoms with Gasteiger partial charge >= 0.3 is 0 Å². The quantitative estimate of drug-likeness (QED) is 0.506. The fraction of sp³-hybridized carbons (Fsp3) is 0.875. The molecule has 0 N–H and O–H groups in total. The lowest BCUT2D eigenvalue weighted by atomic mass is 10.2. The lowest BCUT2D eigenvalue weighted by Crippen LogP contribution is -2.52. The summed E-state index contributed by atoms with van der Waals surface area (Å²) in [4.78, 5) is 15.2. The van der Waals surface area contributed by atoms with Crippen LogP contribution in [0.5, 0.6) is 0 Å². The fourth-order valence-electron chi connectivity index (χ4n) is 1.28. The lowest BCUT2D eigenvalue weighted by Gasteiger charge is -2.30. The molecule has 0 aromatic carbocycles. The molecule has 1 saturated heterocycles. The Labute approximate surface area is 73.5 Å². The average molecular weight is 170 g/mol. The van der Waals surface area contributed by atoms with E-state index in [4.69, 9.17) is 0 Å². The molecule has 0 saturated carbocycles. The third-order valence-electron chi connectivity index (χ3n) is 2.04. The van der Waals surface area contributed by atoms with Crippen molar-refractivity contribution in [2.45, 2.75) is 6.04 Å². The van der Waals surface area contributed by atoms with Crippen molar-refractivity contribution in [2.24, 2.45) is 0 Å². The van der Waals surface area contributed by atoms with Gasteiger partial charge in [-0.3, -0.25) is 4.79 Å². The van der Waals surface area contributed by atoms with Crippen molar-refractivity contribution >= 4 is 5.91 Å². The summed E-state index contributed by atoms with van der Waals surface area (Å²) in [5.74, 6) is 0.113. The zero-order chi connectivity index (χ0) is 9.14. The van der Waals surface area contributed by atoms with Crippen molar-refractivity contribution in [3.8, 4) is 0 Å². The first-order valence-corrected chi connectivity index (χ1v) is 4.17. The molecule has 0 spiro atoms. The first kappa shape index (κ1) is 9.48. The highest BCUT2D eigenvalue weighted by atomic mass is 16.2. The van der Waals surface area contributed by atoms with E-state index >= 15 is 0 Å². The van der Waals surface area contributed by atoms with Gasteiger partial charge in [0.25, 0.3) is 0 Å². The molecule has 1 atom stereocenters. The van der Waals surface area contributed by atoms with Gasteiger partial charge in [0.05, 0.1) is 0 Å². The summed E-state index contributed by atoms with van der Waals surface area (Å²) >= 11 is 0. The molecule has 1 unspecified atom stereocenters. The van der Waals surface area contributed by atoms with E-state index in [1.165, 1.54) is 0 Å². The number of hydrogen-bond acceptors (Lipinski definition) is 2. The Morgan fingerprint density at radius 3 is 2.75 bits per heavy atom. The van der Waals surface area contributed by atoms with Gasteiger partial charge in [0, 0.05) is 33.7 Å². The first-order chi connectivity index (χ1) is 5.61. The van der Waals surface area contributed by atoms with Gasteiger partial charge in [-0.25, -0.2) is 5.32 Å². The van der Waals surface area contributed by atoms with Crippen molar-refractivity contribution < 1.29 is 4.79 Å². The van der Waals surface area contributed by atoms with E-state index in [1.54, 1.807) is 19.0 Å². The summed E-state index contributed by atoms with van der Waals surface area (Å²) < 4.78 is 0. The zero-order valence-electron chi connectivity index (χ0n) is 7.95. The summed E-state index contributed by atoms with van der Waals surface area (Å²) in [5.41, 5.74) is 0. The molecule has 1 heterocycles. The normalized spacial score (nSPS) is 25.4. The smallest absolute Gasteiger partial charge is 0.242 e. The minimum absolute atomic E-state index is 0.113. The molecule has 12 heavy (non-hydrogen) atoms. The summed E-state index contributed by atoms with van der Waals surface area (Å²) in [6.45, 7) is 2.51. The Kier molecular flexibility index (Phi) is 3.05. The highest BCUT2D eigenvalue weighted by Gasteiger charge is 2.25. The molecule has 1 aliphatic rings. The van der Waals surface area contributed by atoms with Crippen LogP contribution in [-0.2, 0) is 4.79 Å². The van der Waals surface area contributed by atoms with Gasteiger partial charge in [-0.15, -0.1) is 0 Å². The van der Waals surface area contributed by atoms with Gasteiger partial charge < -0.3 is 9.80 Å². The molecule has 1 rings (SSSR count). The standard InChI is InChI=1S/C8H16N3O/c1-10(2)8(12)7-6-11(3)5-4-9-7/h7H,4-6H2,1-3H3. The predicted molar refractivity (Wildman–Crippen MR) is 47.0 cm³/mol. The second-order valence-electron chi connectivity index (χ2n) is 3.42. The maximum absolute atomic E-state index is 11.4. The van der Waals surface area contributed by atoms with Crippen LogP contribution in [-0.4, -0.2) is 62.5 Å². The van der Waals surface area contributed by atoms with E-state index in [9.17, 15) is 4.79 Å². The molecular weight excluding hydrogens is 154 g/mol. The zero-order valence-corrected chi connectivity index (χ0v) is 7.95. The van der Waals surface area contributed by atoms with Crippen LogP contribution in [0, 0.1) is 0 Å². The van der Waals surface area contributed by atoms with E-state index in [0.717, 1.165) is 19.6 Å². The average Bonchev–Trinajstić information content (AvgIpc) is 2.03. The van der Waals surface area contributed by atoms with Crippen molar-refractivity contribution in [1.82, 2.24) is 15.1 Å². The molecule has 1 fully saturated rings. The van der Waals surface area contributed by atoms with E-state index in [-0.39, 0.29) is 11.9 Å². The van der Waals surface area contributed by atoms with Crippen molar-refractivity contribution in [3.05, 3.63) is 0 Å². The van der Waals surface area contributed by atoms with Crippen LogP contribution in [0.1, 0.15) is 0 Å². The second kappa shape index (κ2) is 3.87. The summed E-state index contributed by atoms with van der Waals surface area (Å²) in [5, 5.41) is 4.27. The van der Waals surface area contributed by atoms with Crippen LogP contribution in [0.25, 0.3) is 0 Å². The van der Waals surface area contributed by atoms with E-state index < -0.39 is 0 Å². The Morgan fingerprint density at radius 2 is 2.25 bits per heavy atom. The maximum Gasteiger partial charge on any atom is 0.242 e. The minimum Gasteiger partial charge on any atom is -0.347 e. The highest BCUT2D eigenvalue weighted by molar-refractivity contribution is 5.81. The topological polar surface area (TPSA) is 37.7 Å². The molecule has 0 bridgehead atoms. The van der Waals surface area contributed by atoms with Crippen molar-refractivity contribution in [3.63, 3.8) is 0 Å². The third kappa shape index (κ3) is 2.19. The Bertz CT molecular complexity index is 170. The lowest BCUT2D eigenvalue weighted by molar-refractivity contribution is -0.132. The molecule has 69 valence electrons. The molecule has 4 heteroatoms. The van der Waals surface area contributed by atoms with Gasteiger partial charge in [0.15, 0.2) is 0 Å². The Morgan fingerprint density at radius 1 is 1.58 bits per heavy atom. The largest absolute Gasteiger partial charge is 0.347 e. The molecular formula is C8H16N3O. The second-order valence-corrected chi connectivity index (χ2v) is 3.42. The van der Waals surface area contributed by atoms with Crippen molar-refractivity contribution in [2.75, 3.05) is 40.8 Å². The van der Waals surface area contributed by atoms with Gasteiger partial charge in [-0.1, -0.05) is 0 Å². The third-order valence-corrected chi connectivity index (χ3v) is 2.04. The van der Waals surface area contributed by atoms with Gasteiger partial charge in [0.1, 0.15) is 6.04 Å². The number of carbonyl (C=O) groups is 1. The molecule has 4 nitrogen and oxygen atoms in total. The maximum atomic E-state index is 11.4. The van der Waals surface area contributed by atoms with Crippen LogP contribution >= 0.6 is 0 Å². The van der Waals surface area contributed by atoms with Crippen molar-refractivity contribution in [1.29, 1.82) is 0 Å². The Hall–Kier alpha value is -0.610. The number of hydrogen-bond donors (Lipinski definition) is 0. The van der Waals surface area contributed by atoms with Gasteiger partial charge in [-0.2, -0.15) is 0 Å². The monoisotopic (exact) mass is 170 g/mol. The predicted octanol–water partition coefficient (Wildman–Crippen LogP) is -1.01. The highest BCUT2D eigenvalue weighted by Crippen LogP contribution is 2.00. The number of rotatable bonds is 1. The molecule has 1 radical (unpaired) electrons. The van der Waals surface area contributed by atoms with Gasteiger partial charge in [0.2, 0.25) is 5.91 Å². The number of nitrogens with zero attached hydrogens (tertiary/aromatic N) is 3. The van der Waals surface area contributed by atoms with E-state index in [2.05, 4.69) is 10.2 Å². The number of carbonyl (C=O) groups excluding carboxylic acids is 1. The SMILES string of the molecule is CN1CC[N]C(C(=O)N(C)C)C1. The van der Waals surface area contributed by atoms with E-state index in [0.29, 0.717) is 0 Å². The van der Waals surface area contributed by atoms with Gasteiger partial charge in [-0.05, 0) is 7.05 Å². The van der Waals surface area contributed by atoms with Crippen LogP contribution in [0.3, 0.4) is 0 Å². The van der Waals surface area contributed by atoms with Crippen LogP contribution < -0.4 is 5.32 Å². The Balaban J connectivity index is 2.46. The molecule has 0 aromatic heterocycles. The molecule has 1 aliphatic heterocycles. The molecule has 0 aliphatic carbocycles. The summed E-state index contributed by atoms with van der Waals surface area (Å²) in [6.07, 6.45) is 0. The summed E-state index contributed by atoms with van der Waals surface area (Å²) in [7, 11) is 5.56. The minimum atomic E-state index is -0.140. The van der Waals surface area contributed by atoms with Crippen LogP contribution in [0.2, 0.25) is 0 Å². The molecule has 0 aromatic rings. The molecule has 1 amide bonds. The number of likely N-dealkylation sites (N-methyl/N-ethyl adjacent to an activating group) is 2. The number of amides is 1. The first-order valence-electron chi connectivity index (χ1n) is 4.17.